The number of aromatic nitrogens is 1. The third-order valence-corrected chi connectivity index (χ3v) is 7.99. The van der Waals surface area contributed by atoms with Crippen LogP contribution in [-0.4, -0.2) is 42.6 Å². The van der Waals surface area contributed by atoms with Crippen LogP contribution in [0, 0.1) is 22.5 Å². The first-order chi connectivity index (χ1) is 15.5. The number of rotatable bonds is 4. The van der Waals surface area contributed by atoms with E-state index in [9.17, 15) is 23.2 Å². The molecule has 0 bridgehead atoms. The minimum absolute atomic E-state index is 0.00216. The molecule has 33 heavy (non-hydrogen) atoms. The SMILES string of the molecule is CC(C)[C@]1(C(=O)N2CCc3c(cc(C(F)(F)F)c[n+]3[O-])C2)CC[C@@H](N[C@H]2CCOC[C@@H]2C)C1. The number of carbonyl (C=O) groups excluding carboxylic acids is 1. The number of pyridine rings is 1. The van der Waals surface area contributed by atoms with Crippen LogP contribution in [0.25, 0.3) is 0 Å². The molecule has 1 saturated heterocycles. The van der Waals surface area contributed by atoms with Gasteiger partial charge in [-0.3, -0.25) is 4.79 Å². The molecular weight excluding hydrogens is 435 g/mol. The van der Waals surface area contributed by atoms with E-state index in [1.165, 1.54) is 0 Å². The summed E-state index contributed by atoms with van der Waals surface area (Å²) in [5, 5.41) is 16.0. The molecule has 4 atom stereocenters. The summed E-state index contributed by atoms with van der Waals surface area (Å²) in [6.45, 7) is 8.18. The molecule has 2 fully saturated rings. The van der Waals surface area contributed by atoms with Crippen LogP contribution in [0.5, 0.6) is 0 Å². The lowest BCUT2D eigenvalue weighted by Gasteiger charge is -2.39. The lowest BCUT2D eigenvalue weighted by atomic mass is 9.74. The van der Waals surface area contributed by atoms with Crippen LogP contribution in [0.3, 0.4) is 0 Å². The number of amides is 1. The molecule has 1 amide bonds. The van der Waals surface area contributed by atoms with Crippen molar-refractivity contribution in [2.45, 2.75) is 77.7 Å². The van der Waals surface area contributed by atoms with Gasteiger partial charge in [-0.05, 0) is 43.6 Å². The average Bonchev–Trinajstić information content (AvgIpc) is 3.19. The van der Waals surface area contributed by atoms with E-state index < -0.39 is 17.2 Å². The van der Waals surface area contributed by atoms with Crippen LogP contribution < -0.4 is 10.0 Å². The third-order valence-electron chi connectivity index (χ3n) is 7.99. The number of hydrogen-bond donors (Lipinski definition) is 1. The number of nitrogens with zero attached hydrogens (tertiary/aromatic N) is 2. The van der Waals surface area contributed by atoms with E-state index in [0.717, 1.165) is 45.0 Å². The highest BCUT2D eigenvalue weighted by Crippen LogP contribution is 2.47. The smallest absolute Gasteiger partial charge is 0.422 e. The Kier molecular flexibility index (Phi) is 6.66. The van der Waals surface area contributed by atoms with Crippen molar-refractivity contribution in [3.05, 3.63) is 34.3 Å². The van der Waals surface area contributed by atoms with Gasteiger partial charge in [0.25, 0.3) is 0 Å². The minimum Gasteiger partial charge on any atom is -0.618 e. The quantitative estimate of drug-likeness (QED) is 0.542. The van der Waals surface area contributed by atoms with Gasteiger partial charge in [0.15, 0.2) is 11.9 Å². The highest BCUT2D eigenvalue weighted by molar-refractivity contribution is 5.83. The molecule has 1 aliphatic carbocycles. The molecule has 2 aliphatic heterocycles. The second-order valence-corrected chi connectivity index (χ2v) is 10.4. The van der Waals surface area contributed by atoms with Gasteiger partial charge in [-0.25, -0.2) is 0 Å². The van der Waals surface area contributed by atoms with Gasteiger partial charge in [0.2, 0.25) is 5.91 Å². The molecule has 1 aromatic rings. The average molecular weight is 470 g/mol. The maximum absolute atomic E-state index is 13.8. The zero-order valence-electron chi connectivity index (χ0n) is 19.6. The molecule has 0 aromatic carbocycles. The Morgan fingerprint density at radius 1 is 1.36 bits per heavy atom. The Morgan fingerprint density at radius 2 is 2.12 bits per heavy atom. The summed E-state index contributed by atoms with van der Waals surface area (Å²) in [4.78, 5) is 15.5. The van der Waals surface area contributed by atoms with Crippen molar-refractivity contribution in [3.8, 4) is 0 Å². The summed E-state index contributed by atoms with van der Waals surface area (Å²) < 4.78 is 45.5. The number of fused-ring (bicyclic) bond motifs is 1. The summed E-state index contributed by atoms with van der Waals surface area (Å²) in [5.74, 6) is 0.530. The van der Waals surface area contributed by atoms with E-state index in [1.807, 2.05) is 0 Å². The molecule has 4 rings (SSSR count). The van der Waals surface area contributed by atoms with E-state index >= 15 is 0 Å². The predicted molar refractivity (Wildman–Crippen MR) is 116 cm³/mol. The molecule has 184 valence electrons. The Labute approximate surface area is 193 Å². The van der Waals surface area contributed by atoms with Gasteiger partial charge in [-0.2, -0.15) is 17.9 Å². The van der Waals surface area contributed by atoms with Crippen molar-refractivity contribution in [3.63, 3.8) is 0 Å². The molecular formula is C24H34F3N3O3. The van der Waals surface area contributed by atoms with Crippen LogP contribution >= 0.6 is 0 Å². The zero-order chi connectivity index (χ0) is 24.0. The second-order valence-electron chi connectivity index (χ2n) is 10.4. The fourth-order valence-corrected chi connectivity index (χ4v) is 5.84. The maximum atomic E-state index is 13.8. The number of alkyl halides is 3. The standard InChI is InChI=1S/C24H34F3N3O3/c1-15(2)23(7-4-19(11-23)28-20-6-9-33-14-16(20)3)22(31)29-8-5-21-17(12-29)10-18(13-30(21)32)24(25,26)27/h10,13,15-16,19-20,28H,4-9,11-12,14H2,1-3H3/t16-,19+,20-,23-/m0/s1. The molecule has 1 N–H and O–H groups in total. The fourth-order valence-electron chi connectivity index (χ4n) is 5.84. The molecule has 3 heterocycles. The van der Waals surface area contributed by atoms with Gasteiger partial charge in [-0.15, -0.1) is 0 Å². The Morgan fingerprint density at radius 3 is 2.79 bits per heavy atom. The fraction of sp³-hybridized carbons (Fsp3) is 0.750. The molecule has 3 aliphatic rings. The lowest BCUT2D eigenvalue weighted by molar-refractivity contribution is -0.616. The minimum atomic E-state index is -4.60. The Balaban J connectivity index is 1.51. The van der Waals surface area contributed by atoms with E-state index in [1.54, 1.807) is 4.90 Å². The monoisotopic (exact) mass is 469 g/mol. The largest absolute Gasteiger partial charge is 0.618 e. The van der Waals surface area contributed by atoms with Gasteiger partial charge in [0.05, 0.1) is 25.0 Å². The van der Waals surface area contributed by atoms with E-state index in [0.29, 0.717) is 40.7 Å². The highest BCUT2D eigenvalue weighted by Gasteiger charge is 2.50. The molecule has 1 aromatic heterocycles. The van der Waals surface area contributed by atoms with Crippen LogP contribution in [0.4, 0.5) is 13.2 Å². The number of hydrogen-bond acceptors (Lipinski definition) is 4. The van der Waals surface area contributed by atoms with Gasteiger partial charge >= 0.3 is 6.18 Å². The summed E-state index contributed by atoms with van der Waals surface area (Å²) in [5.41, 5.74) is -0.898. The number of carbonyl (C=O) groups is 1. The highest BCUT2D eigenvalue weighted by atomic mass is 19.4. The molecule has 6 nitrogen and oxygen atoms in total. The molecule has 1 saturated carbocycles. The van der Waals surface area contributed by atoms with E-state index in [-0.39, 0.29) is 30.8 Å². The molecule has 0 unspecified atom stereocenters. The topological polar surface area (TPSA) is 68.5 Å². The summed E-state index contributed by atoms with van der Waals surface area (Å²) in [7, 11) is 0. The predicted octanol–water partition coefficient (Wildman–Crippen LogP) is 3.43. The van der Waals surface area contributed by atoms with E-state index in [4.69, 9.17) is 4.74 Å². The normalized spacial score (nSPS) is 30.5. The van der Waals surface area contributed by atoms with Crippen LogP contribution in [0.1, 0.15) is 63.3 Å². The number of halogens is 3. The van der Waals surface area contributed by atoms with Crippen molar-refractivity contribution in [1.82, 2.24) is 10.2 Å². The van der Waals surface area contributed by atoms with Crippen molar-refractivity contribution >= 4 is 5.91 Å². The summed E-state index contributed by atoms with van der Waals surface area (Å²) in [6.07, 6.45) is -0.405. The second kappa shape index (κ2) is 9.06. The number of ether oxygens (including phenoxy) is 1. The van der Waals surface area contributed by atoms with E-state index in [2.05, 4.69) is 26.1 Å². The lowest BCUT2D eigenvalue weighted by Crippen LogP contribution is -2.51. The Hall–Kier alpha value is -1.87. The maximum Gasteiger partial charge on any atom is 0.422 e. The first-order valence-corrected chi connectivity index (χ1v) is 12.0. The van der Waals surface area contributed by atoms with Crippen molar-refractivity contribution in [1.29, 1.82) is 0 Å². The number of nitrogens with one attached hydrogen (secondary N) is 1. The van der Waals surface area contributed by atoms with Crippen LogP contribution in [0.15, 0.2) is 12.3 Å². The third kappa shape index (κ3) is 4.71. The molecule has 0 spiro atoms. The Bertz CT molecular complexity index is 892. The summed E-state index contributed by atoms with van der Waals surface area (Å²) >= 11 is 0. The van der Waals surface area contributed by atoms with Crippen molar-refractivity contribution in [2.24, 2.45) is 17.3 Å². The first-order valence-electron chi connectivity index (χ1n) is 12.0. The van der Waals surface area contributed by atoms with Gasteiger partial charge in [0.1, 0.15) is 5.56 Å². The van der Waals surface area contributed by atoms with Crippen molar-refractivity contribution in [2.75, 3.05) is 19.8 Å². The zero-order valence-corrected chi connectivity index (χ0v) is 19.6. The molecule has 0 radical (unpaired) electrons. The summed E-state index contributed by atoms with van der Waals surface area (Å²) in [6, 6.07) is 1.63. The van der Waals surface area contributed by atoms with Crippen molar-refractivity contribution < 1.29 is 27.4 Å². The van der Waals surface area contributed by atoms with Crippen LogP contribution in [0.2, 0.25) is 0 Å². The first kappa shape index (κ1) is 24.3. The molecule has 9 heteroatoms. The van der Waals surface area contributed by atoms with Gasteiger partial charge in [-0.1, -0.05) is 20.8 Å². The van der Waals surface area contributed by atoms with Gasteiger partial charge < -0.3 is 20.2 Å². The van der Waals surface area contributed by atoms with Crippen LogP contribution in [-0.2, 0) is 28.7 Å². The van der Waals surface area contributed by atoms with Gasteiger partial charge in [0, 0.05) is 30.8 Å².